The molecule has 1 unspecified atom stereocenters. The number of piperazine rings is 1. The van der Waals surface area contributed by atoms with E-state index < -0.39 is 5.60 Å². The van der Waals surface area contributed by atoms with E-state index in [4.69, 9.17) is 0 Å². The third-order valence-corrected chi connectivity index (χ3v) is 7.24. The van der Waals surface area contributed by atoms with Gasteiger partial charge < -0.3 is 14.9 Å². The molecular weight excluding hydrogens is 485 g/mol. The SMILES string of the molecule is CCC(O)(c1ccc(F)cc1)c1cnc(N2CCN(c3ncnn4cc(-c5cnn(C)c5)cc34)CC2)nc1. The molecule has 1 fully saturated rings. The molecule has 11 heteroatoms. The predicted molar refractivity (Wildman–Crippen MR) is 141 cm³/mol. The van der Waals surface area contributed by atoms with E-state index in [9.17, 15) is 9.50 Å². The van der Waals surface area contributed by atoms with Crippen LogP contribution in [0, 0.1) is 5.82 Å². The minimum atomic E-state index is -1.28. The standard InChI is InChI=1S/C27H28FN9O/c1-3-27(38,21-4-6-23(28)7-5-21)22-14-29-26(30-15-22)36-10-8-35(9-11-36)25-24-12-19(17-37(24)33-18-31-25)20-13-32-34(2)16-20/h4-7,12-18,38H,3,8-11H2,1-2H3. The molecule has 5 aromatic rings. The Morgan fingerprint density at radius 1 is 0.868 bits per heavy atom. The van der Waals surface area contributed by atoms with E-state index in [0.29, 0.717) is 23.5 Å². The summed E-state index contributed by atoms with van der Waals surface area (Å²) in [5, 5.41) is 20.0. The maximum Gasteiger partial charge on any atom is 0.225 e. The van der Waals surface area contributed by atoms with Crippen molar-refractivity contribution >= 4 is 17.3 Å². The van der Waals surface area contributed by atoms with Gasteiger partial charge in [0, 0.05) is 74.7 Å². The molecule has 1 saturated heterocycles. The quantitative estimate of drug-likeness (QED) is 0.370. The fourth-order valence-electron chi connectivity index (χ4n) is 5.01. The van der Waals surface area contributed by atoms with Crippen LogP contribution in [0.15, 0.2) is 67.6 Å². The van der Waals surface area contributed by atoms with Gasteiger partial charge in [0.15, 0.2) is 5.82 Å². The fraction of sp³-hybridized carbons (Fsp3) is 0.296. The van der Waals surface area contributed by atoms with E-state index in [2.05, 4.69) is 41.0 Å². The molecule has 5 heterocycles. The second-order valence-electron chi connectivity index (χ2n) is 9.51. The molecule has 0 amide bonds. The summed E-state index contributed by atoms with van der Waals surface area (Å²) < 4.78 is 17.0. The van der Waals surface area contributed by atoms with Crippen LogP contribution in [0.5, 0.6) is 0 Å². The number of hydrogen-bond acceptors (Lipinski definition) is 8. The number of aromatic nitrogens is 7. The van der Waals surface area contributed by atoms with Crippen LogP contribution in [0.1, 0.15) is 24.5 Å². The third-order valence-electron chi connectivity index (χ3n) is 7.24. The summed E-state index contributed by atoms with van der Waals surface area (Å²) in [6.07, 6.45) is 11.1. The van der Waals surface area contributed by atoms with Gasteiger partial charge in [0.2, 0.25) is 5.95 Å². The lowest BCUT2D eigenvalue weighted by molar-refractivity contribution is 0.0757. The zero-order chi connectivity index (χ0) is 26.3. The largest absolute Gasteiger partial charge is 0.380 e. The molecular formula is C27H28FN9O. The number of benzene rings is 1. The van der Waals surface area contributed by atoms with Crippen molar-refractivity contribution in [3.05, 3.63) is 84.6 Å². The number of anilines is 2. The van der Waals surface area contributed by atoms with Crippen molar-refractivity contribution in [1.82, 2.24) is 34.3 Å². The van der Waals surface area contributed by atoms with Crippen LogP contribution in [-0.2, 0) is 12.6 Å². The van der Waals surface area contributed by atoms with E-state index in [1.807, 2.05) is 37.1 Å². The molecule has 1 N–H and O–H groups in total. The molecule has 0 radical (unpaired) electrons. The predicted octanol–water partition coefficient (Wildman–Crippen LogP) is 3.03. The summed E-state index contributed by atoms with van der Waals surface area (Å²) in [6.45, 7) is 4.83. The molecule has 4 aromatic heterocycles. The highest BCUT2D eigenvalue weighted by atomic mass is 19.1. The van der Waals surface area contributed by atoms with Crippen LogP contribution in [0.25, 0.3) is 16.6 Å². The summed E-state index contributed by atoms with van der Waals surface area (Å²) in [7, 11) is 1.90. The highest BCUT2D eigenvalue weighted by Gasteiger charge is 2.31. The van der Waals surface area contributed by atoms with Crippen LogP contribution in [-0.4, -0.2) is 65.6 Å². The van der Waals surface area contributed by atoms with Crippen molar-refractivity contribution in [2.75, 3.05) is 36.0 Å². The van der Waals surface area contributed by atoms with Crippen molar-refractivity contribution in [2.45, 2.75) is 18.9 Å². The second-order valence-corrected chi connectivity index (χ2v) is 9.51. The first-order chi connectivity index (χ1) is 18.4. The topological polar surface area (TPSA) is 101 Å². The first-order valence-electron chi connectivity index (χ1n) is 12.6. The Bertz CT molecular complexity index is 1560. The lowest BCUT2D eigenvalue weighted by Gasteiger charge is -2.35. The Morgan fingerprint density at radius 3 is 2.24 bits per heavy atom. The first-order valence-corrected chi connectivity index (χ1v) is 12.6. The van der Waals surface area contributed by atoms with E-state index in [1.54, 1.807) is 35.5 Å². The molecule has 1 aromatic carbocycles. The zero-order valence-corrected chi connectivity index (χ0v) is 21.2. The lowest BCUT2D eigenvalue weighted by atomic mass is 9.86. The van der Waals surface area contributed by atoms with Crippen molar-refractivity contribution in [2.24, 2.45) is 7.05 Å². The number of hydrogen-bond donors (Lipinski definition) is 1. The van der Waals surface area contributed by atoms with Crippen LogP contribution < -0.4 is 9.80 Å². The van der Waals surface area contributed by atoms with Gasteiger partial charge in [0.1, 0.15) is 23.3 Å². The molecule has 10 nitrogen and oxygen atoms in total. The summed E-state index contributed by atoms with van der Waals surface area (Å²) in [4.78, 5) is 18.1. The number of rotatable bonds is 6. The maximum atomic E-state index is 13.4. The Balaban J connectivity index is 1.17. The Hall–Kier alpha value is -4.38. The maximum absolute atomic E-state index is 13.4. The smallest absolute Gasteiger partial charge is 0.225 e. The van der Waals surface area contributed by atoms with Gasteiger partial charge in [-0.25, -0.2) is 23.9 Å². The zero-order valence-electron chi connectivity index (χ0n) is 21.2. The average Bonchev–Trinajstić information content (AvgIpc) is 3.59. The third kappa shape index (κ3) is 4.24. The number of halogens is 1. The molecule has 0 saturated carbocycles. The first kappa shape index (κ1) is 24.0. The number of nitrogens with zero attached hydrogens (tertiary/aromatic N) is 9. The molecule has 1 aliphatic heterocycles. The Labute approximate surface area is 219 Å². The van der Waals surface area contributed by atoms with Crippen molar-refractivity contribution < 1.29 is 9.50 Å². The number of aliphatic hydroxyl groups is 1. The van der Waals surface area contributed by atoms with Crippen molar-refractivity contribution in [3.8, 4) is 11.1 Å². The summed E-state index contributed by atoms with van der Waals surface area (Å²) in [6, 6.07) is 7.99. The van der Waals surface area contributed by atoms with Crippen LogP contribution in [0.4, 0.5) is 16.2 Å². The van der Waals surface area contributed by atoms with Crippen LogP contribution in [0.3, 0.4) is 0 Å². The van der Waals surface area contributed by atoms with Gasteiger partial charge in [-0.15, -0.1) is 0 Å². The van der Waals surface area contributed by atoms with E-state index in [1.165, 1.54) is 12.1 Å². The van der Waals surface area contributed by atoms with Gasteiger partial charge >= 0.3 is 0 Å². The van der Waals surface area contributed by atoms with Gasteiger partial charge in [-0.05, 0) is 30.2 Å². The summed E-state index contributed by atoms with van der Waals surface area (Å²) in [5.41, 5.74) is 2.92. The molecule has 1 aliphatic rings. The minimum Gasteiger partial charge on any atom is -0.380 e. The Morgan fingerprint density at radius 2 is 1.58 bits per heavy atom. The second kappa shape index (κ2) is 9.49. The average molecular weight is 514 g/mol. The van der Waals surface area contributed by atoms with Crippen molar-refractivity contribution in [3.63, 3.8) is 0 Å². The molecule has 0 spiro atoms. The van der Waals surface area contributed by atoms with E-state index in [0.717, 1.165) is 48.6 Å². The van der Waals surface area contributed by atoms with Gasteiger partial charge in [-0.1, -0.05) is 19.1 Å². The molecule has 6 rings (SSSR count). The van der Waals surface area contributed by atoms with E-state index in [-0.39, 0.29) is 5.82 Å². The molecule has 0 bridgehead atoms. The highest BCUT2D eigenvalue weighted by Crippen LogP contribution is 2.33. The Kier molecular flexibility index (Phi) is 5.99. The molecule has 0 aliphatic carbocycles. The highest BCUT2D eigenvalue weighted by molar-refractivity contribution is 5.77. The van der Waals surface area contributed by atoms with Gasteiger partial charge in [-0.2, -0.15) is 10.2 Å². The van der Waals surface area contributed by atoms with E-state index >= 15 is 0 Å². The van der Waals surface area contributed by atoms with Crippen molar-refractivity contribution in [1.29, 1.82) is 0 Å². The van der Waals surface area contributed by atoms with Crippen LogP contribution in [0.2, 0.25) is 0 Å². The molecule has 38 heavy (non-hydrogen) atoms. The normalized spacial score (nSPS) is 15.7. The van der Waals surface area contributed by atoms with Crippen LogP contribution >= 0.6 is 0 Å². The summed E-state index contributed by atoms with van der Waals surface area (Å²) in [5.74, 6) is 1.16. The van der Waals surface area contributed by atoms with Gasteiger partial charge in [0.05, 0.1) is 6.20 Å². The van der Waals surface area contributed by atoms with Gasteiger partial charge in [-0.3, -0.25) is 4.68 Å². The molecule has 194 valence electrons. The number of fused-ring (bicyclic) bond motifs is 1. The fourth-order valence-corrected chi connectivity index (χ4v) is 5.01. The number of aryl methyl sites for hydroxylation is 1. The van der Waals surface area contributed by atoms with Gasteiger partial charge in [0.25, 0.3) is 0 Å². The molecule has 1 atom stereocenters. The summed E-state index contributed by atoms with van der Waals surface area (Å²) >= 11 is 0. The lowest BCUT2D eigenvalue weighted by Crippen LogP contribution is -2.47. The minimum absolute atomic E-state index is 0.341. The monoisotopic (exact) mass is 513 g/mol.